The summed E-state index contributed by atoms with van der Waals surface area (Å²) in [6.07, 6.45) is 0. The van der Waals surface area contributed by atoms with Gasteiger partial charge in [-0.15, -0.1) is 22.7 Å². The summed E-state index contributed by atoms with van der Waals surface area (Å²) >= 11 is 10.5. The van der Waals surface area contributed by atoms with Gasteiger partial charge < -0.3 is 0 Å². The molecule has 0 saturated carbocycles. The first-order chi connectivity index (χ1) is 13.5. The molecule has 0 aliphatic carbocycles. The molecule has 28 heavy (non-hydrogen) atoms. The van der Waals surface area contributed by atoms with Crippen molar-refractivity contribution >= 4 is 75.0 Å². The Hall–Kier alpha value is -1.60. The third-order valence-electron chi connectivity index (χ3n) is 4.83. The maximum atomic E-state index is 4.99. The van der Waals surface area contributed by atoms with Crippen molar-refractivity contribution in [2.75, 3.05) is 0 Å². The molecule has 0 fully saturated rings. The van der Waals surface area contributed by atoms with Crippen molar-refractivity contribution in [1.82, 2.24) is 9.97 Å². The smallest absolute Gasteiger partial charge is 0.124 e. The largest absolute Gasteiger partial charge is 0.236 e. The van der Waals surface area contributed by atoms with Crippen molar-refractivity contribution in [3.63, 3.8) is 0 Å². The van der Waals surface area contributed by atoms with Crippen LogP contribution in [0.2, 0.25) is 0 Å². The van der Waals surface area contributed by atoms with Crippen LogP contribution in [0.15, 0.2) is 57.5 Å². The van der Waals surface area contributed by atoms with Crippen LogP contribution in [-0.2, 0) is 0 Å². The molecule has 2 nitrogen and oxygen atoms in total. The van der Waals surface area contributed by atoms with Gasteiger partial charge in [-0.2, -0.15) is 0 Å². The number of halogens is 2. The van der Waals surface area contributed by atoms with E-state index in [1.165, 1.54) is 20.5 Å². The Balaban J connectivity index is 1.71. The van der Waals surface area contributed by atoms with Crippen LogP contribution in [0.25, 0.3) is 41.6 Å². The van der Waals surface area contributed by atoms with Crippen LogP contribution >= 0.6 is 54.5 Å². The maximum absolute atomic E-state index is 4.99. The molecule has 0 amide bonds. The van der Waals surface area contributed by atoms with Crippen LogP contribution in [-0.4, -0.2) is 9.97 Å². The van der Waals surface area contributed by atoms with Crippen LogP contribution in [0.4, 0.5) is 0 Å². The monoisotopic (exact) mass is 528 g/mol. The van der Waals surface area contributed by atoms with E-state index in [0.717, 1.165) is 41.1 Å². The van der Waals surface area contributed by atoms with E-state index >= 15 is 0 Å². The maximum Gasteiger partial charge on any atom is 0.124 e. The van der Waals surface area contributed by atoms with Crippen molar-refractivity contribution in [2.45, 2.75) is 13.8 Å². The molecule has 5 aromatic rings. The number of thiazole rings is 2. The third-order valence-corrected chi connectivity index (χ3v) is 8.33. The number of rotatable bonds is 2. The SMILES string of the molecule is Cc1c2nc(-c3ccc(Br)cc3)sc2c(C)c2nc(-c3ccc(Br)cc3)sc12. The lowest BCUT2D eigenvalue weighted by Gasteiger charge is -2.00. The van der Waals surface area contributed by atoms with Gasteiger partial charge in [0.25, 0.3) is 0 Å². The van der Waals surface area contributed by atoms with E-state index in [2.05, 4.69) is 94.2 Å². The molecule has 5 rings (SSSR count). The van der Waals surface area contributed by atoms with Gasteiger partial charge in [-0.1, -0.05) is 56.1 Å². The highest BCUT2D eigenvalue weighted by molar-refractivity contribution is 9.10. The van der Waals surface area contributed by atoms with Gasteiger partial charge in [0.15, 0.2) is 0 Å². The lowest BCUT2D eigenvalue weighted by Crippen LogP contribution is -1.84. The van der Waals surface area contributed by atoms with Gasteiger partial charge in [-0.05, 0) is 49.2 Å². The molecular weight excluding hydrogens is 516 g/mol. The van der Waals surface area contributed by atoms with Gasteiger partial charge in [0, 0.05) is 20.1 Å². The van der Waals surface area contributed by atoms with Crippen molar-refractivity contribution in [3.05, 3.63) is 68.6 Å². The molecule has 0 aliphatic rings. The van der Waals surface area contributed by atoms with Crippen LogP contribution in [0.1, 0.15) is 11.1 Å². The average Bonchev–Trinajstić information content (AvgIpc) is 3.33. The molecule has 0 saturated heterocycles. The Kier molecular flexibility index (Phi) is 4.62. The summed E-state index contributed by atoms with van der Waals surface area (Å²) in [5.74, 6) is 0. The van der Waals surface area contributed by atoms with Gasteiger partial charge in [-0.25, -0.2) is 9.97 Å². The number of benzene rings is 3. The molecule has 0 unspecified atom stereocenters. The van der Waals surface area contributed by atoms with Crippen LogP contribution < -0.4 is 0 Å². The first kappa shape index (κ1) is 18.4. The molecule has 6 heteroatoms. The summed E-state index contributed by atoms with van der Waals surface area (Å²) in [6, 6.07) is 16.7. The van der Waals surface area contributed by atoms with E-state index in [4.69, 9.17) is 9.97 Å². The molecule has 0 radical (unpaired) electrons. The quantitative estimate of drug-likeness (QED) is 0.229. The second-order valence-corrected chi connectivity index (χ2v) is 10.5. The van der Waals surface area contributed by atoms with E-state index < -0.39 is 0 Å². The van der Waals surface area contributed by atoms with Crippen LogP contribution in [0.3, 0.4) is 0 Å². The van der Waals surface area contributed by atoms with E-state index in [1.54, 1.807) is 22.7 Å². The normalized spacial score (nSPS) is 11.6. The van der Waals surface area contributed by atoms with Crippen molar-refractivity contribution < 1.29 is 0 Å². The standard InChI is InChI=1S/C22H14Br2N2S2/c1-11-17-20(28-21(25-17)13-3-7-15(23)8-4-13)12(2)18-19(11)27-22(26-18)14-5-9-16(24)10-6-14/h3-10H,1-2H3. The lowest BCUT2D eigenvalue weighted by molar-refractivity contribution is 1.41. The minimum Gasteiger partial charge on any atom is -0.236 e. The van der Waals surface area contributed by atoms with Crippen LogP contribution in [0, 0.1) is 13.8 Å². The fourth-order valence-corrected chi connectivity index (χ4v) is 6.09. The lowest BCUT2D eigenvalue weighted by atomic mass is 10.1. The second-order valence-electron chi connectivity index (χ2n) is 6.66. The van der Waals surface area contributed by atoms with E-state index in [1.807, 2.05) is 0 Å². The summed E-state index contributed by atoms with van der Waals surface area (Å²) < 4.78 is 4.62. The zero-order valence-electron chi connectivity index (χ0n) is 15.1. The molecule has 0 N–H and O–H groups in total. The minimum atomic E-state index is 1.06. The molecule has 2 aromatic heterocycles. The fraction of sp³-hybridized carbons (Fsp3) is 0.0909. The second kappa shape index (κ2) is 7.02. The molecular formula is C22H14Br2N2S2. The van der Waals surface area contributed by atoms with E-state index in [9.17, 15) is 0 Å². The minimum absolute atomic E-state index is 1.06. The zero-order chi connectivity index (χ0) is 19.4. The number of hydrogen-bond donors (Lipinski definition) is 0. The van der Waals surface area contributed by atoms with Gasteiger partial charge in [0.1, 0.15) is 10.0 Å². The molecule has 0 spiro atoms. The number of aromatic nitrogens is 2. The summed E-state index contributed by atoms with van der Waals surface area (Å²) in [4.78, 5) is 9.99. The molecule has 0 bridgehead atoms. The van der Waals surface area contributed by atoms with Crippen molar-refractivity contribution in [2.24, 2.45) is 0 Å². The molecule has 138 valence electrons. The Bertz CT molecular complexity index is 1180. The first-order valence-corrected chi connectivity index (χ1v) is 12.0. The van der Waals surface area contributed by atoms with Crippen molar-refractivity contribution in [1.29, 1.82) is 0 Å². The predicted molar refractivity (Wildman–Crippen MR) is 129 cm³/mol. The molecule has 2 heterocycles. The molecule has 0 atom stereocenters. The first-order valence-electron chi connectivity index (χ1n) is 8.73. The average molecular weight is 530 g/mol. The Morgan fingerprint density at radius 1 is 0.607 bits per heavy atom. The predicted octanol–water partition coefficient (Wildman–Crippen LogP) is 8.38. The summed E-state index contributed by atoms with van der Waals surface area (Å²) in [5.41, 5.74) is 6.93. The van der Waals surface area contributed by atoms with Gasteiger partial charge >= 0.3 is 0 Å². The fourth-order valence-electron chi connectivity index (χ4n) is 3.30. The highest BCUT2D eigenvalue weighted by Crippen LogP contribution is 2.42. The summed E-state index contributed by atoms with van der Waals surface area (Å²) in [5, 5.41) is 2.11. The van der Waals surface area contributed by atoms with Crippen LogP contribution in [0.5, 0.6) is 0 Å². The van der Waals surface area contributed by atoms with Crippen molar-refractivity contribution in [3.8, 4) is 21.1 Å². The summed E-state index contributed by atoms with van der Waals surface area (Å²) in [6.45, 7) is 4.33. The highest BCUT2D eigenvalue weighted by atomic mass is 79.9. The Labute approximate surface area is 187 Å². The molecule has 0 aliphatic heterocycles. The Morgan fingerprint density at radius 2 is 0.964 bits per heavy atom. The summed E-state index contributed by atoms with van der Waals surface area (Å²) in [7, 11) is 0. The third kappa shape index (κ3) is 3.03. The van der Waals surface area contributed by atoms with Gasteiger partial charge in [0.2, 0.25) is 0 Å². The topological polar surface area (TPSA) is 25.8 Å². The highest BCUT2D eigenvalue weighted by Gasteiger charge is 2.18. The number of nitrogens with zero attached hydrogens (tertiary/aromatic N) is 2. The Morgan fingerprint density at radius 3 is 1.32 bits per heavy atom. The zero-order valence-corrected chi connectivity index (χ0v) is 19.9. The number of aryl methyl sites for hydroxylation is 2. The van der Waals surface area contributed by atoms with Gasteiger partial charge in [-0.3, -0.25) is 0 Å². The number of fused-ring (bicyclic) bond motifs is 2. The van der Waals surface area contributed by atoms with E-state index in [0.29, 0.717) is 0 Å². The van der Waals surface area contributed by atoms with Gasteiger partial charge in [0.05, 0.1) is 20.4 Å². The molecule has 3 aromatic carbocycles. The number of hydrogen-bond acceptors (Lipinski definition) is 4. The van der Waals surface area contributed by atoms with E-state index in [-0.39, 0.29) is 0 Å².